The van der Waals surface area contributed by atoms with Crippen LogP contribution in [0.5, 0.6) is 0 Å². The van der Waals surface area contributed by atoms with Crippen LogP contribution in [0.3, 0.4) is 0 Å². The SMILES string of the molecule is CN(CCOC1CCCc2cc(Cl)cc(Br)c21)C(=O)OC(C)(C)C. The highest BCUT2D eigenvalue weighted by molar-refractivity contribution is 9.10. The number of rotatable bonds is 4. The predicted molar refractivity (Wildman–Crippen MR) is 99.6 cm³/mol. The van der Waals surface area contributed by atoms with E-state index in [4.69, 9.17) is 21.1 Å². The largest absolute Gasteiger partial charge is 0.444 e. The van der Waals surface area contributed by atoms with Gasteiger partial charge in [0.05, 0.1) is 12.7 Å². The van der Waals surface area contributed by atoms with Crippen molar-refractivity contribution in [2.45, 2.75) is 51.7 Å². The Morgan fingerprint density at radius 2 is 2.12 bits per heavy atom. The summed E-state index contributed by atoms with van der Waals surface area (Å²) in [5, 5.41) is 0.742. The van der Waals surface area contributed by atoms with E-state index in [1.165, 1.54) is 11.1 Å². The molecule has 1 aliphatic rings. The van der Waals surface area contributed by atoms with Gasteiger partial charge in [0.25, 0.3) is 0 Å². The van der Waals surface area contributed by atoms with E-state index in [-0.39, 0.29) is 12.2 Å². The molecule has 6 heteroatoms. The molecule has 0 saturated heterocycles. The van der Waals surface area contributed by atoms with Crippen molar-refractivity contribution in [1.29, 1.82) is 0 Å². The monoisotopic (exact) mass is 417 g/mol. The molecule has 0 heterocycles. The number of likely N-dealkylation sites (N-methyl/N-ethyl adjacent to an activating group) is 1. The molecular formula is C18H25BrClNO3. The number of ether oxygens (including phenoxy) is 2. The second kappa shape index (κ2) is 8.07. The number of fused-ring (bicyclic) bond motifs is 1. The van der Waals surface area contributed by atoms with Crippen LogP contribution in [0, 0.1) is 0 Å². The summed E-state index contributed by atoms with van der Waals surface area (Å²) in [5.74, 6) is 0. The van der Waals surface area contributed by atoms with Crippen LogP contribution in [-0.2, 0) is 15.9 Å². The summed E-state index contributed by atoms with van der Waals surface area (Å²) in [6.07, 6.45) is 2.78. The summed E-state index contributed by atoms with van der Waals surface area (Å²) in [4.78, 5) is 13.5. The van der Waals surface area contributed by atoms with Gasteiger partial charge >= 0.3 is 6.09 Å². The number of nitrogens with zero attached hydrogens (tertiary/aromatic N) is 1. The van der Waals surface area contributed by atoms with Crippen molar-refractivity contribution in [3.8, 4) is 0 Å². The number of benzene rings is 1. The minimum absolute atomic E-state index is 0.0347. The molecule has 1 aromatic carbocycles. The lowest BCUT2D eigenvalue weighted by Gasteiger charge is -2.28. The Morgan fingerprint density at radius 1 is 1.42 bits per heavy atom. The molecule has 0 spiro atoms. The van der Waals surface area contributed by atoms with Gasteiger partial charge in [-0.15, -0.1) is 0 Å². The summed E-state index contributed by atoms with van der Waals surface area (Å²) in [5.41, 5.74) is 1.94. The van der Waals surface area contributed by atoms with Gasteiger partial charge in [0.2, 0.25) is 0 Å². The lowest BCUT2D eigenvalue weighted by Crippen LogP contribution is -2.36. The molecule has 0 radical (unpaired) electrons. The Bertz CT molecular complexity index is 601. The molecule has 1 amide bonds. The molecule has 0 N–H and O–H groups in total. The van der Waals surface area contributed by atoms with Gasteiger partial charge in [-0.1, -0.05) is 27.5 Å². The minimum atomic E-state index is -0.487. The number of carbonyl (C=O) groups excluding carboxylic acids is 1. The molecule has 0 aromatic heterocycles. The zero-order valence-electron chi connectivity index (χ0n) is 14.7. The van der Waals surface area contributed by atoms with Crippen molar-refractivity contribution in [2.75, 3.05) is 20.2 Å². The average molecular weight is 419 g/mol. The first-order chi connectivity index (χ1) is 11.2. The summed E-state index contributed by atoms with van der Waals surface area (Å²) in [6.45, 7) is 6.53. The zero-order valence-corrected chi connectivity index (χ0v) is 17.0. The molecule has 24 heavy (non-hydrogen) atoms. The van der Waals surface area contributed by atoms with E-state index in [9.17, 15) is 4.79 Å². The van der Waals surface area contributed by atoms with Crippen LogP contribution in [0.2, 0.25) is 5.02 Å². The molecule has 0 aliphatic heterocycles. The summed E-state index contributed by atoms with van der Waals surface area (Å²) < 4.78 is 12.4. The molecular weight excluding hydrogens is 394 g/mol. The molecule has 0 fully saturated rings. The zero-order chi connectivity index (χ0) is 17.9. The molecule has 134 valence electrons. The fraction of sp³-hybridized carbons (Fsp3) is 0.611. The van der Waals surface area contributed by atoms with Gasteiger partial charge in [-0.25, -0.2) is 4.79 Å². The molecule has 4 nitrogen and oxygen atoms in total. The normalized spacial score (nSPS) is 17.3. The third kappa shape index (κ3) is 5.36. The Morgan fingerprint density at radius 3 is 2.79 bits per heavy atom. The standard InChI is InChI=1S/C18H25BrClNO3/c1-18(2,3)24-17(22)21(4)8-9-23-15-7-5-6-12-10-13(20)11-14(19)16(12)15/h10-11,15H,5-9H2,1-4H3. The third-order valence-corrected chi connectivity index (χ3v) is 4.74. The lowest BCUT2D eigenvalue weighted by molar-refractivity contribution is 0.00759. The maximum absolute atomic E-state index is 12.0. The second-order valence-corrected chi connectivity index (χ2v) is 8.40. The van der Waals surface area contributed by atoms with Gasteiger partial charge < -0.3 is 14.4 Å². The van der Waals surface area contributed by atoms with Crippen molar-refractivity contribution in [1.82, 2.24) is 4.90 Å². The lowest BCUT2D eigenvalue weighted by atomic mass is 9.89. The van der Waals surface area contributed by atoms with E-state index in [1.54, 1.807) is 11.9 Å². The smallest absolute Gasteiger partial charge is 0.410 e. The van der Waals surface area contributed by atoms with Crippen LogP contribution >= 0.6 is 27.5 Å². The van der Waals surface area contributed by atoms with Crippen molar-refractivity contribution in [3.63, 3.8) is 0 Å². The molecule has 0 saturated carbocycles. The van der Waals surface area contributed by atoms with Crippen LogP contribution in [0.1, 0.15) is 50.8 Å². The number of carbonyl (C=O) groups is 1. The highest BCUT2D eigenvalue weighted by Crippen LogP contribution is 2.39. The van der Waals surface area contributed by atoms with Crippen molar-refractivity contribution in [2.24, 2.45) is 0 Å². The van der Waals surface area contributed by atoms with Crippen molar-refractivity contribution >= 4 is 33.6 Å². The molecule has 1 atom stereocenters. The molecule has 0 bridgehead atoms. The maximum atomic E-state index is 12.0. The predicted octanol–water partition coefficient (Wildman–Crippen LogP) is 5.36. The highest BCUT2D eigenvalue weighted by atomic mass is 79.9. The van der Waals surface area contributed by atoms with Crippen molar-refractivity contribution < 1.29 is 14.3 Å². The fourth-order valence-electron chi connectivity index (χ4n) is 2.76. The topological polar surface area (TPSA) is 38.8 Å². The summed E-state index contributed by atoms with van der Waals surface area (Å²) >= 11 is 9.74. The Labute approximate surface area is 157 Å². The van der Waals surface area contributed by atoms with E-state index in [2.05, 4.69) is 15.9 Å². The number of halogens is 2. The third-order valence-electron chi connectivity index (χ3n) is 3.87. The first kappa shape index (κ1) is 19.5. The Hall–Kier alpha value is -0.780. The molecule has 1 aliphatic carbocycles. The van der Waals surface area contributed by atoms with E-state index >= 15 is 0 Å². The van der Waals surface area contributed by atoms with E-state index in [0.717, 1.165) is 28.8 Å². The van der Waals surface area contributed by atoms with Crippen LogP contribution < -0.4 is 0 Å². The molecule has 2 rings (SSSR count). The average Bonchev–Trinajstić information content (AvgIpc) is 2.44. The number of aryl methyl sites for hydroxylation is 1. The van der Waals surface area contributed by atoms with Gasteiger partial charge in [0, 0.05) is 23.1 Å². The van der Waals surface area contributed by atoms with Gasteiger partial charge in [0.1, 0.15) is 5.60 Å². The van der Waals surface area contributed by atoms with Gasteiger partial charge in [-0.05, 0) is 63.3 Å². The first-order valence-electron chi connectivity index (χ1n) is 8.21. The quantitative estimate of drug-likeness (QED) is 0.660. The van der Waals surface area contributed by atoms with Crippen LogP contribution in [-0.4, -0.2) is 36.8 Å². The van der Waals surface area contributed by atoms with E-state index in [0.29, 0.717) is 13.2 Å². The number of hydrogen-bond donors (Lipinski definition) is 0. The summed E-state index contributed by atoms with van der Waals surface area (Å²) in [7, 11) is 1.72. The maximum Gasteiger partial charge on any atom is 0.410 e. The fourth-order valence-corrected chi connectivity index (χ4v) is 3.89. The molecule has 1 aromatic rings. The molecule has 1 unspecified atom stereocenters. The minimum Gasteiger partial charge on any atom is -0.444 e. The second-order valence-electron chi connectivity index (χ2n) is 7.11. The highest BCUT2D eigenvalue weighted by Gasteiger charge is 2.25. The number of amides is 1. The number of hydrogen-bond acceptors (Lipinski definition) is 3. The Balaban J connectivity index is 1.91. The van der Waals surface area contributed by atoms with Gasteiger partial charge in [-0.3, -0.25) is 0 Å². The van der Waals surface area contributed by atoms with E-state index in [1.807, 2.05) is 32.9 Å². The Kier molecular flexibility index (Phi) is 6.57. The van der Waals surface area contributed by atoms with Gasteiger partial charge in [0.15, 0.2) is 0 Å². The van der Waals surface area contributed by atoms with E-state index < -0.39 is 5.60 Å². The summed E-state index contributed by atoms with van der Waals surface area (Å²) in [6, 6.07) is 3.93. The first-order valence-corrected chi connectivity index (χ1v) is 9.38. The van der Waals surface area contributed by atoms with Gasteiger partial charge in [-0.2, -0.15) is 0 Å². The van der Waals surface area contributed by atoms with Crippen LogP contribution in [0.4, 0.5) is 4.79 Å². The van der Waals surface area contributed by atoms with Crippen LogP contribution in [0.15, 0.2) is 16.6 Å². The van der Waals surface area contributed by atoms with Crippen molar-refractivity contribution in [3.05, 3.63) is 32.8 Å². The van der Waals surface area contributed by atoms with Crippen LogP contribution in [0.25, 0.3) is 0 Å².